The zero-order chi connectivity index (χ0) is 22.5. The van der Waals surface area contributed by atoms with Crippen molar-refractivity contribution in [2.75, 3.05) is 29.3 Å². The average molecular weight is 450 g/mol. The van der Waals surface area contributed by atoms with Gasteiger partial charge in [0.2, 0.25) is 5.91 Å². The first-order valence-corrected chi connectivity index (χ1v) is 12.0. The van der Waals surface area contributed by atoms with Crippen LogP contribution >= 0.6 is 0 Å². The number of hydrogen-bond acceptors (Lipinski definition) is 4. The molecular formula is C24H23N3O4S. The lowest BCUT2D eigenvalue weighted by atomic mass is 10.1. The summed E-state index contributed by atoms with van der Waals surface area (Å²) in [7, 11) is -3.82. The van der Waals surface area contributed by atoms with Gasteiger partial charge in [0, 0.05) is 29.7 Å². The van der Waals surface area contributed by atoms with E-state index in [1.807, 2.05) is 17.0 Å². The summed E-state index contributed by atoms with van der Waals surface area (Å²) in [6.45, 7) is 2.93. The number of nitrogens with one attached hydrogen (secondary N) is 1. The van der Waals surface area contributed by atoms with Gasteiger partial charge >= 0.3 is 0 Å². The van der Waals surface area contributed by atoms with Crippen molar-refractivity contribution in [2.45, 2.75) is 24.7 Å². The molecule has 1 N–H and O–H groups in total. The van der Waals surface area contributed by atoms with E-state index in [9.17, 15) is 18.0 Å². The van der Waals surface area contributed by atoms with Gasteiger partial charge in [-0.05, 0) is 55.0 Å². The zero-order valence-corrected chi connectivity index (χ0v) is 18.5. The van der Waals surface area contributed by atoms with Crippen LogP contribution in [0.1, 0.15) is 28.8 Å². The van der Waals surface area contributed by atoms with E-state index in [0.29, 0.717) is 27.9 Å². The molecule has 164 valence electrons. The maximum atomic E-state index is 13.1. The lowest BCUT2D eigenvalue weighted by Crippen LogP contribution is -2.35. The number of sulfonamides is 1. The highest BCUT2D eigenvalue weighted by atomic mass is 32.2. The molecule has 0 aliphatic carbocycles. The molecule has 1 fully saturated rings. The standard InChI is InChI=1S/C24H23N3O4S/c1-16-18(24(29)26-13-2-3-14-26)9-6-10-19(16)25-22(28)15-27-20-11-4-7-17-8-5-12-21(23(17)20)32(27,30)31/h4-12H,2-3,13-15H2,1H3,(H,25,28). The molecule has 0 radical (unpaired) electrons. The summed E-state index contributed by atoms with van der Waals surface area (Å²) in [5.41, 5.74) is 2.23. The predicted octanol–water partition coefficient (Wildman–Crippen LogP) is 3.53. The monoisotopic (exact) mass is 449 g/mol. The Balaban J connectivity index is 1.40. The molecule has 5 rings (SSSR count). The van der Waals surface area contributed by atoms with E-state index >= 15 is 0 Å². The number of carbonyl (C=O) groups is 2. The fourth-order valence-electron chi connectivity index (χ4n) is 4.54. The van der Waals surface area contributed by atoms with Crippen molar-refractivity contribution >= 4 is 44.0 Å². The topological polar surface area (TPSA) is 86.8 Å². The van der Waals surface area contributed by atoms with Crippen LogP contribution in [-0.2, 0) is 14.8 Å². The van der Waals surface area contributed by atoms with Crippen molar-refractivity contribution in [3.05, 3.63) is 65.7 Å². The fourth-order valence-corrected chi connectivity index (χ4v) is 6.21. The Morgan fingerprint density at radius 1 is 0.969 bits per heavy atom. The van der Waals surface area contributed by atoms with Crippen LogP contribution in [0, 0.1) is 6.92 Å². The van der Waals surface area contributed by atoms with Crippen LogP contribution in [0.25, 0.3) is 10.8 Å². The lowest BCUT2D eigenvalue weighted by Gasteiger charge is -2.20. The van der Waals surface area contributed by atoms with E-state index in [2.05, 4.69) is 5.32 Å². The van der Waals surface area contributed by atoms with E-state index in [-0.39, 0.29) is 17.3 Å². The second-order valence-electron chi connectivity index (χ2n) is 8.17. The van der Waals surface area contributed by atoms with Gasteiger partial charge in [-0.2, -0.15) is 0 Å². The molecule has 0 saturated carbocycles. The molecule has 3 aromatic rings. The Morgan fingerprint density at radius 3 is 2.41 bits per heavy atom. The molecule has 7 nitrogen and oxygen atoms in total. The molecule has 0 unspecified atom stereocenters. The largest absolute Gasteiger partial charge is 0.339 e. The molecular weight excluding hydrogens is 426 g/mol. The highest BCUT2D eigenvalue weighted by molar-refractivity contribution is 7.93. The van der Waals surface area contributed by atoms with Crippen LogP contribution in [0.15, 0.2) is 59.5 Å². The first-order valence-electron chi connectivity index (χ1n) is 10.6. The first-order chi connectivity index (χ1) is 15.4. The Morgan fingerprint density at radius 2 is 1.66 bits per heavy atom. The van der Waals surface area contributed by atoms with E-state index in [0.717, 1.165) is 35.6 Å². The van der Waals surface area contributed by atoms with E-state index in [1.165, 1.54) is 0 Å². The molecule has 2 aliphatic heterocycles. The minimum atomic E-state index is -3.82. The second kappa shape index (κ2) is 7.63. The van der Waals surface area contributed by atoms with Crippen LogP contribution in [0.5, 0.6) is 0 Å². The molecule has 0 spiro atoms. The van der Waals surface area contributed by atoms with Crippen LogP contribution in [0.4, 0.5) is 11.4 Å². The Hall–Kier alpha value is -3.39. The molecule has 0 bridgehead atoms. The van der Waals surface area contributed by atoms with Crippen molar-refractivity contribution in [3.8, 4) is 0 Å². The maximum Gasteiger partial charge on any atom is 0.265 e. The maximum absolute atomic E-state index is 13.1. The summed E-state index contributed by atoms with van der Waals surface area (Å²) in [6, 6.07) is 15.7. The molecule has 8 heteroatoms. The highest BCUT2D eigenvalue weighted by Crippen LogP contribution is 2.41. The van der Waals surface area contributed by atoms with Crippen molar-refractivity contribution in [3.63, 3.8) is 0 Å². The summed E-state index contributed by atoms with van der Waals surface area (Å²) < 4.78 is 27.4. The van der Waals surface area contributed by atoms with E-state index in [1.54, 1.807) is 49.4 Å². The number of rotatable bonds is 4. The van der Waals surface area contributed by atoms with Crippen molar-refractivity contribution in [1.29, 1.82) is 0 Å². The third kappa shape index (κ3) is 3.22. The third-order valence-corrected chi connectivity index (χ3v) is 8.00. The summed E-state index contributed by atoms with van der Waals surface area (Å²) in [4.78, 5) is 27.8. The molecule has 1 saturated heterocycles. The number of anilines is 2. The molecule has 2 amide bonds. The third-order valence-electron chi connectivity index (χ3n) is 6.20. The first kappa shape index (κ1) is 20.5. The number of carbonyl (C=O) groups excluding carboxylic acids is 2. The van der Waals surface area contributed by atoms with Crippen LogP contribution in [0.2, 0.25) is 0 Å². The quantitative estimate of drug-likeness (QED) is 0.660. The SMILES string of the molecule is Cc1c(NC(=O)CN2c3cccc4cccc(c34)S2(=O)=O)cccc1C(=O)N1CCCC1. The number of likely N-dealkylation sites (tertiary alicyclic amines) is 1. The summed E-state index contributed by atoms with van der Waals surface area (Å²) in [5, 5.41) is 4.26. The van der Waals surface area contributed by atoms with Crippen molar-refractivity contribution in [2.24, 2.45) is 0 Å². The summed E-state index contributed by atoms with van der Waals surface area (Å²) >= 11 is 0. The smallest absolute Gasteiger partial charge is 0.265 e. The van der Waals surface area contributed by atoms with Gasteiger partial charge in [-0.1, -0.05) is 30.3 Å². The number of hydrogen-bond donors (Lipinski definition) is 1. The van der Waals surface area contributed by atoms with Crippen LogP contribution in [0.3, 0.4) is 0 Å². The van der Waals surface area contributed by atoms with Crippen LogP contribution in [-0.4, -0.2) is 44.8 Å². The number of benzene rings is 3. The Bertz CT molecular complexity index is 1360. The molecule has 2 heterocycles. The van der Waals surface area contributed by atoms with E-state index < -0.39 is 15.9 Å². The van der Waals surface area contributed by atoms with Gasteiger partial charge in [0.25, 0.3) is 15.9 Å². The fraction of sp³-hybridized carbons (Fsp3) is 0.250. The van der Waals surface area contributed by atoms with Gasteiger partial charge in [-0.3, -0.25) is 13.9 Å². The summed E-state index contributed by atoms with van der Waals surface area (Å²) in [6.07, 6.45) is 2.00. The summed E-state index contributed by atoms with van der Waals surface area (Å²) in [5.74, 6) is -0.507. The minimum Gasteiger partial charge on any atom is -0.339 e. The number of amides is 2. The second-order valence-corrected chi connectivity index (χ2v) is 10.00. The molecule has 0 atom stereocenters. The van der Waals surface area contributed by atoms with Crippen molar-refractivity contribution in [1.82, 2.24) is 4.90 Å². The number of nitrogens with zero attached hydrogens (tertiary/aromatic N) is 2. The predicted molar refractivity (Wildman–Crippen MR) is 123 cm³/mol. The molecule has 2 aliphatic rings. The molecule has 32 heavy (non-hydrogen) atoms. The molecule has 3 aromatic carbocycles. The van der Waals surface area contributed by atoms with Gasteiger partial charge in [0.1, 0.15) is 6.54 Å². The highest BCUT2D eigenvalue weighted by Gasteiger charge is 2.36. The van der Waals surface area contributed by atoms with Gasteiger partial charge in [-0.25, -0.2) is 8.42 Å². The van der Waals surface area contributed by atoms with Crippen LogP contribution < -0.4 is 9.62 Å². The van der Waals surface area contributed by atoms with Gasteiger partial charge in [-0.15, -0.1) is 0 Å². The average Bonchev–Trinajstić information content (AvgIpc) is 3.38. The van der Waals surface area contributed by atoms with Gasteiger partial charge < -0.3 is 10.2 Å². The van der Waals surface area contributed by atoms with Gasteiger partial charge in [0.15, 0.2) is 0 Å². The van der Waals surface area contributed by atoms with E-state index in [4.69, 9.17) is 0 Å². The Labute approximate surface area is 186 Å². The van der Waals surface area contributed by atoms with Gasteiger partial charge in [0.05, 0.1) is 10.6 Å². The zero-order valence-electron chi connectivity index (χ0n) is 17.7. The molecule has 0 aromatic heterocycles. The Kier molecular flexibility index (Phi) is 4.89. The lowest BCUT2D eigenvalue weighted by molar-refractivity contribution is -0.114. The van der Waals surface area contributed by atoms with Crippen molar-refractivity contribution < 1.29 is 18.0 Å². The normalized spacial score (nSPS) is 16.5. The minimum absolute atomic E-state index is 0.0413.